The zero-order chi connectivity index (χ0) is 13.5. The summed E-state index contributed by atoms with van der Waals surface area (Å²) in [7, 11) is 0. The van der Waals surface area contributed by atoms with Crippen LogP contribution in [0, 0.1) is 12.8 Å². The fourth-order valence-corrected chi connectivity index (χ4v) is 1.56. The zero-order valence-electron chi connectivity index (χ0n) is 10.9. The molecule has 102 valence electrons. The number of aliphatic hydroxyl groups is 1. The molecule has 0 saturated heterocycles. The maximum absolute atomic E-state index is 11.6. The van der Waals surface area contributed by atoms with Gasteiger partial charge in [0.05, 0.1) is 19.2 Å². The highest BCUT2D eigenvalue weighted by Gasteiger charge is 2.13. The van der Waals surface area contributed by atoms with Crippen LogP contribution >= 0.6 is 0 Å². The van der Waals surface area contributed by atoms with Crippen molar-refractivity contribution in [3.63, 3.8) is 0 Å². The number of rotatable bonds is 6. The number of hydrogen-bond donors (Lipinski definition) is 3. The van der Waals surface area contributed by atoms with Gasteiger partial charge in [-0.1, -0.05) is 19.0 Å². The van der Waals surface area contributed by atoms with E-state index >= 15 is 0 Å². The third kappa shape index (κ3) is 5.13. The Kier molecular flexibility index (Phi) is 5.57. The number of carbonyl (C=O) groups excluding carboxylic acids is 1. The van der Waals surface area contributed by atoms with Crippen molar-refractivity contribution in [1.82, 2.24) is 20.8 Å². The van der Waals surface area contributed by atoms with Crippen molar-refractivity contribution < 1.29 is 14.4 Å². The van der Waals surface area contributed by atoms with Gasteiger partial charge in [0, 0.05) is 6.92 Å². The molecule has 7 heteroatoms. The second-order valence-electron chi connectivity index (χ2n) is 4.57. The molecule has 1 atom stereocenters. The Balaban J connectivity index is 2.32. The van der Waals surface area contributed by atoms with Crippen molar-refractivity contribution >= 4 is 6.03 Å². The Morgan fingerprint density at radius 2 is 2.22 bits per heavy atom. The van der Waals surface area contributed by atoms with Gasteiger partial charge in [-0.3, -0.25) is 0 Å². The maximum atomic E-state index is 11.6. The first-order chi connectivity index (χ1) is 8.51. The van der Waals surface area contributed by atoms with Crippen LogP contribution in [0.3, 0.4) is 0 Å². The Morgan fingerprint density at radius 1 is 1.50 bits per heavy atom. The molecule has 0 saturated carbocycles. The Bertz CT molecular complexity index is 378. The molecule has 0 radical (unpaired) electrons. The van der Waals surface area contributed by atoms with Crippen LogP contribution in [0.1, 0.15) is 32.0 Å². The Labute approximate surface area is 106 Å². The predicted octanol–water partition coefficient (Wildman–Crippen LogP) is 0.584. The molecule has 18 heavy (non-hydrogen) atoms. The number of amides is 2. The summed E-state index contributed by atoms with van der Waals surface area (Å²) >= 11 is 0. The topological polar surface area (TPSA) is 100 Å². The summed E-state index contributed by atoms with van der Waals surface area (Å²) in [6, 6.07) is -0.589. The zero-order valence-corrected chi connectivity index (χ0v) is 10.9. The van der Waals surface area contributed by atoms with Crippen LogP contribution in [-0.4, -0.2) is 33.9 Å². The van der Waals surface area contributed by atoms with E-state index in [2.05, 4.69) is 20.8 Å². The quantitative estimate of drug-likeness (QED) is 0.691. The minimum absolute atomic E-state index is 0.0765. The molecule has 0 spiro atoms. The fraction of sp³-hybridized carbons (Fsp3) is 0.727. The van der Waals surface area contributed by atoms with E-state index in [1.54, 1.807) is 6.92 Å². The second kappa shape index (κ2) is 6.95. The van der Waals surface area contributed by atoms with E-state index in [-0.39, 0.29) is 25.2 Å². The molecule has 2 amide bonds. The molecule has 0 aliphatic rings. The van der Waals surface area contributed by atoms with Crippen molar-refractivity contribution in [3.8, 4) is 0 Å². The first kappa shape index (κ1) is 14.4. The molecule has 1 heterocycles. The maximum Gasteiger partial charge on any atom is 0.315 e. The standard InChI is InChI=1S/C11H20N4O3/c1-7(2)4-9(6-16)14-11(17)12-5-10-13-8(3)18-15-10/h7,9,16H,4-6H2,1-3H3,(H2,12,14,17). The molecular formula is C11H20N4O3. The first-order valence-corrected chi connectivity index (χ1v) is 5.95. The summed E-state index contributed by atoms with van der Waals surface area (Å²) in [5.74, 6) is 1.29. The van der Waals surface area contributed by atoms with Crippen molar-refractivity contribution in [2.24, 2.45) is 5.92 Å². The number of aryl methyl sites for hydroxylation is 1. The number of nitrogens with one attached hydrogen (secondary N) is 2. The predicted molar refractivity (Wildman–Crippen MR) is 64.7 cm³/mol. The lowest BCUT2D eigenvalue weighted by molar-refractivity contribution is 0.206. The van der Waals surface area contributed by atoms with E-state index in [0.717, 1.165) is 6.42 Å². The lowest BCUT2D eigenvalue weighted by Crippen LogP contribution is -2.44. The van der Waals surface area contributed by atoms with Crippen LogP contribution in [0.25, 0.3) is 0 Å². The first-order valence-electron chi connectivity index (χ1n) is 5.95. The van der Waals surface area contributed by atoms with Crippen LogP contribution in [-0.2, 0) is 6.54 Å². The summed E-state index contributed by atoms with van der Waals surface area (Å²) in [5, 5.41) is 18.1. The number of nitrogens with zero attached hydrogens (tertiary/aromatic N) is 2. The van der Waals surface area contributed by atoms with Gasteiger partial charge in [0.25, 0.3) is 0 Å². The fourth-order valence-electron chi connectivity index (χ4n) is 1.56. The minimum Gasteiger partial charge on any atom is -0.394 e. The van der Waals surface area contributed by atoms with Crippen molar-refractivity contribution in [3.05, 3.63) is 11.7 Å². The number of carbonyl (C=O) groups is 1. The highest BCUT2D eigenvalue weighted by atomic mass is 16.5. The van der Waals surface area contributed by atoms with E-state index in [0.29, 0.717) is 17.6 Å². The van der Waals surface area contributed by atoms with Crippen LogP contribution in [0.5, 0.6) is 0 Å². The third-order valence-corrected chi connectivity index (χ3v) is 2.29. The number of urea groups is 1. The minimum atomic E-state index is -0.350. The molecule has 0 bridgehead atoms. The number of aromatic nitrogens is 2. The Morgan fingerprint density at radius 3 is 2.72 bits per heavy atom. The van der Waals surface area contributed by atoms with E-state index in [9.17, 15) is 4.79 Å². The summed E-state index contributed by atoms with van der Waals surface area (Å²) in [4.78, 5) is 15.5. The highest BCUT2D eigenvalue weighted by Crippen LogP contribution is 2.03. The van der Waals surface area contributed by atoms with Crippen molar-refractivity contribution in [1.29, 1.82) is 0 Å². The van der Waals surface area contributed by atoms with Gasteiger partial charge in [-0.25, -0.2) is 4.79 Å². The summed E-state index contributed by atoms with van der Waals surface area (Å²) in [5.41, 5.74) is 0. The van der Waals surface area contributed by atoms with Gasteiger partial charge < -0.3 is 20.3 Å². The summed E-state index contributed by atoms with van der Waals surface area (Å²) < 4.78 is 4.78. The Hall–Kier alpha value is -1.63. The van der Waals surface area contributed by atoms with Gasteiger partial charge in [0.1, 0.15) is 0 Å². The molecule has 1 aromatic rings. The van der Waals surface area contributed by atoms with Gasteiger partial charge in [-0.05, 0) is 12.3 Å². The van der Waals surface area contributed by atoms with Gasteiger partial charge in [0.2, 0.25) is 5.89 Å². The highest BCUT2D eigenvalue weighted by molar-refractivity contribution is 5.74. The lowest BCUT2D eigenvalue weighted by atomic mass is 10.0. The van der Waals surface area contributed by atoms with Gasteiger partial charge in [0.15, 0.2) is 5.82 Å². The third-order valence-electron chi connectivity index (χ3n) is 2.29. The smallest absolute Gasteiger partial charge is 0.315 e. The average Bonchev–Trinajstić information content (AvgIpc) is 2.71. The van der Waals surface area contributed by atoms with E-state index in [1.807, 2.05) is 13.8 Å². The van der Waals surface area contributed by atoms with Gasteiger partial charge in [-0.2, -0.15) is 4.98 Å². The van der Waals surface area contributed by atoms with Crippen LogP contribution in [0.15, 0.2) is 4.52 Å². The molecule has 0 aliphatic carbocycles. The lowest BCUT2D eigenvalue weighted by Gasteiger charge is -2.18. The molecule has 1 rings (SSSR count). The van der Waals surface area contributed by atoms with E-state index in [1.165, 1.54) is 0 Å². The number of aliphatic hydroxyl groups excluding tert-OH is 1. The normalized spacial score (nSPS) is 12.5. The summed E-state index contributed by atoms with van der Waals surface area (Å²) in [6.07, 6.45) is 0.727. The van der Waals surface area contributed by atoms with Crippen molar-refractivity contribution in [2.75, 3.05) is 6.61 Å². The average molecular weight is 256 g/mol. The van der Waals surface area contributed by atoms with Crippen LogP contribution in [0.4, 0.5) is 4.79 Å². The van der Waals surface area contributed by atoms with Gasteiger partial charge >= 0.3 is 6.03 Å². The molecule has 0 aromatic carbocycles. The molecule has 1 unspecified atom stereocenters. The second-order valence-corrected chi connectivity index (χ2v) is 4.57. The molecule has 0 fully saturated rings. The molecule has 0 aliphatic heterocycles. The van der Waals surface area contributed by atoms with Gasteiger partial charge in [-0.15, -0.1) is 0 Å². The van der Waals surface area contributed by atoms with Crippen LogP contribution < -0.4 is 10.6 Å². The van der Waals surface area contributed by atoms with E-state index < -0.39 is 0 Å². The molecule has 3 N–H and O–H groups in total. The molecule has 7 nitrogen and oxygen atoms in total. The largest absolute Gasteiger partial charge is 0.394 e. The monoisotopic (exact) mass is 256 g/mol. The van der Waals surface area contributed by atoms with E-state index in [4.69, 9.17) is 9.63 Å². The molecule has 1 aromatic heterocycles. The number of hydrogen-bond acceptors (Lipinski definition) is 5. The summed E-state index contributed by atoms with van der Waals surface area (Å²) in [6.45, 7) is 5.87. The van der Waals surface area contributed by atoms with Crippen LogP contribution in [0.2, 0.25) is 0 Å². The van der Waals surface area contributed by atoms with Crippen molar-refractivity contribution in [2.45, 2.75) is 39.8 Å². The molecular weight excluding hydrogens is 236 g/mol. The SMILES string of the molecule is Cc1nc(CNC(=O)NC(CO)CC(C)C)no1.